The number of benzene rings is 2. The zero-order valence-corrected chi connectivity index (χ0v) is 14.8. The molecule has 4 rings (SSSR count). The number of carbonyl (C=O) groups is 1. The Morgan fingerprint density at radius 1 is 1.00 bits per heavy atom. The van der Waals surface area contributed by atoms with Crippen LogP contribution in [-0.4, -0.2) is 17.4 Å². The Labute approximate surface area is 153 Å². The lowest BCUT2D eigenvalue weighted by Crippen LogP contribution is -2.30. The highest BCUT2D eigenvalue weighted by Crippen LogP contribution is 2.23. The van der Waals surface area contributed by atoms with E-state index in [1.54, 1.807) is 6.20 Å². The Balaban J connectivity index is 1.46. The van der Waals surface area contributed by atoms with Crippen molar-refractivity contribution in [2.75, 3.05) is 16.8 Å². The number of pyridine rings is 1. The second kappa shape index (κ2) is 7.00. The Morgan fingerprint density at radius 3 is 2.54 bits per heavy atom. The second-order valence-electron chi connectivity index (χ2n) is 6.61. The molecule has 1 N–H and O–H groups in total. The summed E-state index contributed by atoms with van der Waals surface area (Å²) in [5.74, 6) is 0.831. The lowest BCUT2D eigenvalue weighted by Gasteiger charge is -2.29. The van der Waals surface area contributed by atoms with Crippen molar-refractivity contribution in [1.82, 2.24) is 4.98 Å². The zero-order chi connectivity index (χ0) is 17.9. The van der Waals surface area contributed by atoms with Gasteiger partial charge in [-0.25, -0.2) is 4.98 Å². The molecule has 0 saturated carbocycles. The van der Waals surface area contributed by atoms with Crippen LogP contribution in [0.3, 0.4) is 0 Å². The average Bonchev–Trinajstić information content (AvgIpc) is 2.68. The highest BCUT2D eigenvalue weighted by molar-refractivity contribution is 6.05. The fourth-order valence-electron chi connectivity index (χ4n) is 3.36. The molecular formula is C22H21N3O. The highest BCUT2D eigenvalue weighted by atomic mass is 16.1. The zero-order valence-electron chi connectivity index (χ0n) is 14.8. The first-order valence-corrected chi connectivity index (χ1v) is 8.85. The molecule has 2 heterocycles. The van der Waals surface area contributed by atoms with E-state index in [9.17, 15) is 4.79 Å². The van der Waals surface area contributed by atoms with Crippen molar-refractivity contribution in [1.29, 1.82) is 0 Å². The van der Waals surface area contributed by atoms with Gasteiger partial charge in [-0.3, -0.25) is 4.79 Å². The summed E-state index contributed by atoms with van der Waals surface area (Å²) in [6, 6.07) is 20.0. The van der Waals surface area contributed by atoms with Crippen molar-refractivity contribution >= 4 is 17.4 Å². The van der Waals surface area contributed by atoms with E-state index >= 15 is 0 Å². The quantitative estimate of drug-likeness (QED) is 0.775. The number of nitrogens with zero attached hydrogens (tertiary/aromatic N) is 2. The number of aryl methyl sites for hydroxylation is 1. The van der Waals surface area contributed by atoms with Gasteiger partial charge >= 0.3 is 0 Å². The first-order chi connectivity index (χ1) is 12.7. The summed E-state index contributed by atoms with van der Waals surface area (Å²) in [4.78, 5) is 19.2. The lowest BCUT2D eigenvalue weighted by atomic mass is 10.00. The topological polar surface area (TPSA) is 45.2 Å². The van der Waals surface area contributed by atoms with Crippen molar-refractivity contribution in [2.45, 2.75) is 19.9 Å². The van der Waals surface area contributed by atoms with Gasteiger partial charge < -0.3 is 10.2 Å². The van der Waals surface area contributed by atoms with E-state index < -0.39 is 0 Å². The molecule has 130 valence electrons. The molecule has 0 fully saturated rings. The fraction of sp³-hybridized carbons (Fsp3) is 0.182. The molecule has 0 atom stereocenters. The molecule has 0 unspecified atom stereocenters. The van der Waals surface area contributed by atoms with Gasteiger partial charge in [-0.05, 0) is 48.2 Å². The van der Waals surface area contributed by atoms with Crippen molar-refractivity contribution in [3.8, 4) is 0 Å². The maximum atomic E-state index is 12.4. The molecule has 1 aromatic heterocycles. The molecule has 0 saturated heterocycles. The molecule has 4 nitrogen and oxygen atoms in total. The maximum absolute atomic E-state index is 12.4. The molecule has 3 aromatic rings. The Hall–Kier alpha value is -3.14. The monoisotopic (exact) mass is 343 g/mol. The normalized spacial score (nSPS) is 13.2. The van der Waals surface area contributed by atoms with Crippen molar-refractivity contribution < 1.29 is 4.79 Å². The average molecular weight is 343 g/mol. The van der Waals surface area contributed by atoms with Crippen LogP contribution in [-0.2, 0) is 13.0 Å². The summed E-state index contributed by atoms with van der Waals surface area (Å²) in [6.07, 6.45) is 2.76. The van der Waals surface area contributed by atoms with Crippen LogP contribution < -0.4 is 10.2 Å². The number of nitrogens with one attached hydrogen (secondary N) is 1. The molecule has 4 heteroatoms. The summed E-state index contributed by atoms with van der Waals surface area (Å²) in [6.45, 7) is 3.77. The third-order valence-corrected chi connectivity index (χ3v) is 4.85. The van der Waals surface area contributed by atoms with Crippen LogP contribution in [0.15, 0.2) is 66.9 Å². The van der Waals surface area contributed by atoms with E-state index in [1.807, 2.05) is 43.3 Å². The Kier molecular flexibility index (Phi) is 4.40. The van der Waals surface area contributed by atoms with Crippen LogP contribution in [0.25, 0.3) is 0 Å². The van der Waals surface area contributed by atoms with Crippen LogP contribution in [0.4, 0.5) is 11.5 Å². The van der Waals surface area contributed by atoms with Crippen molar-refractivity contribution in [3.63, 3.8) is 0 Å². The highest BCUT2D eigenvalue weighted by Gasteiger charge is 2.17. The van der Waals surface area contributed by atoms with Gasteiger partial charge in [0.25, 0.3) is 5.91 Å². The summed E-state index contributed by atoms with van der Waals surface area (Å²) < 4.78 is 0. The first-order valence-electron chi connectivity index (χ1n) is 8.85. The standard InChI is InChI=1S/C22H21N3O/c1-16-6-2-5-9-20(16)22(26)24-19-10-11-21(23-14-19)25-13-12-17-7-3-4-8-18(17)15-25/h2-11,14H,12-13,15H2,1H3,(H,24,26). The predicted molar refractivity (Wildman–Crippen MR) is 105 cm³/mol. The molecule has 2 aromatic carbocycles. The fourth-order valence-corrected chi connectivity index (χ4v) is 3.36. The summed E-state index contributed by atoms with van der Waals surface area (Å²) in [7, 11) is 0. The van der Waals surface area contributed by atoms with Gasteiger partial charge in [-0.2, -0.15) is 0 Å². The number of anilines is 2. The van der Waals surface area contributed by atoms with E-state index in [0.29, 0.717) is 11.3 Å². The van der Waals surface area contributed by atoms with Gasteiger partial charge in [0.2, 0.25) is 0 Å². The van der Waals surface area contributed by atoms with Crippen LogP contribution >= 0.6 is 0 Å². The molecule has 0 bridgehead atoms. The lowest BCUT2D eigenvalue weighted by molar-refractivity contribution is 0.102. The van der Waals surface area contributed by atoms with Gasteiger partial charge in [-0.1, -0.05) is 42.5 Å². The molecular weight excluding hydrogens is 322 g/mol. The van der Waals surface area contributed by atoms with Crippen LogP contribution in [0, 0.1) is 6.92 Å². The van der Waals surface area contributed by atoms with Crippen LogP contribution in [0.1, 0.15) is 27.0 Å². The second-order valence-corrected chi connectivity index (χ2v) is 6.61. The Morgan fingerprint density at radius 2 is 1.77 bits per heavy atom. The smallest absolute Gasteiger partial charge is 0.255 e. The van der Waals surface area contributed by atoms with Crippen LogP contribution in [0.2, 0.25) is 0 Å². The predicted octanol–water partition coefficient (Wildman–Crippen LogP) is 4.21. The summed E-state index contributed by atoms with van der Waals surface area (Å²) in [5.41, 5.74) is 5.13. The minimum absolute atomic E-state index is 0.107. The largest absolute Gasteiger partial charge is 0.352 e. The first kappa shape index (κ1) is 16.3. The van der Waals surface area contributed by atoms with Gasteiger partial charge in [0.1, 0.15) is 5.82 Å². The van der Waals surface area contributed by atoms with Gasteiger partial charge in [-0.15, -0.1) is 0 Å². The van der Waals surface area contributed by atoms with Gasteiger partial charge in [0.15, 0.2) is 0 Å². The number of fused-ring (bicyclic) bond motifs is 1. The van der Waals surface area contributed by atoms with Crippen LogP contribution in [0.5, 0.6) is 0 Å². The van der Waals surface area contributed by atoms with Gasteiger partial charge in [0, 0.05) is 18.7 Å². The summed E-state index contributed by atoms with van der Waals surface area (Å²) in [5, 5.41) is 2.92. The number of rotatable bonds is 3. The summed E-state index contributed by atoms with van der Waals surface area (Å²) >= 11 is 0. The molecule has 0 aliphatic carbocycles. The minimum Gasteiger partial charge on any atom is -0.352 e. The molecule has 26 heavy (non-hydrogen) atoms. The third kappa shape index (κ3) is 3.31. The number of carbonyl (C=O) groups excluding carboxylic acids is 1. The molecule has 1 amide bonds. The molecule has 0 radical (unpaired) electrons. The molecule has 1 aliphatic rings. The third-order valence-electron chi connectivity index (χ3n) is 4.85. The Bertz CT molecular complexity index is 934. The van der Waals surface area contributed by atoms with Crippen molar-refractivity contribution in [3.05, 3.63) is 89.1 Å². The number of aromatic nitrogens is 1. The number of amides is 1. The molecule has 1 aliphatic heterocycles. The minimum atomic E-state index is -0.107. The van der Waals surface area contributed by atoms with Gasteiger partial charge in [0.05, 0.1) is 11.9 Å². The van der Waals surface area contributed by atoms with E-state index in [2.05, 4.69) is 39.5 Å². The SMILES string of the molecule is Cc1ccccc1C(=O)Nc1ccc(N2CCc3ccccc3C2)nc1. The van der Waals surface area contributed by atoms with Crippen molar-refractivity contribution in [2.24, 2.45) is 0 Å². The van der Waals surface area contributed by atoms with E-state index in [-0.39, 0.29) is 5.91 Å². The van der Waals surface area contributed by atoms with E-state index in [4.69, 9.17) is 0 Å². The van der Waals surface area contributed by atoms with E-state index in [0.717, 1.165) is 30.9 Å². The van der Waals surface area contributed by atoms with E-state index in [1.165, 1.54) is 11.1 Å². The maximum Gasteiger partial charge on any atom is 0.255 e. The molecule has 0 spiro atoms. The number of hydrogen-bond donors (Lipinski definition) is 1. The number of hydrogen-bond acceptors (Lipinski definition) is 3.